The van der Waals surface area contributed by atoms with E-state index in [9.17, 15) is 9.59 Å². The highest BCUT2D eigenvalue weighted by Gasteiger charge is 2.25. The Bertz CT molecular complexity index is 641. The first-order chi connectivity index (χ1) is 10.5. The molecule has 22 heavy (non-hydrogen) atoms. The predicted molar refractivity (Wildman–Crippen MR) is 88.3 cm³/mol. The standard InChI is InChI=1S/C15H16ClN3O2S/c1-9(2)13(19-14(20)11-4-3-7-22-11)15(21)18-12-6-5-10(16)8-17-12/h3-9,13H,1-2H3,(H,19,20)(H,17,18,21). The van der Waals surface area contributed by atoms with Crippen LogP contribution in [0.1, 0.15) is 23.5 Å². The molecule has 1 unspecified atom stereocenters. The maximum Gasteiger partial charge on any atom is 0.262 e. The Balaban J connectivity index is 2.05. The van der Waals surface area contributed by atoms with Crippen LogP contribution in [0.4, 0.5) is 5.82 Å². The molecule has 2 aromatic rings. The third-order valence-corrected chi connectivity index (χ3v) is 4.05. The highest BCUT2D eigenvalue weighted by molar-refractivity contribution is 7.12. The van der Waals surface area contributed by atoms with Gasteiger partial charge in [0, 0.05) is 6.20 Å². The fraction of sp³-hybridized carbons (Fsp3) is 0.267. The second kappa shape index (κ2) is 7.38. The van der Waals surface area contributed by atoms with Gasteiger partial charge in [0.1, 0.15) is 11.9 Å². The largest absolute Gasteiger partial charge is 0.339 e. The van der Waals surface area contributed by atoms with Crippen LogP contribution in [-0.2, 0) is 4.79 Å². The van der Waals surface area contributed by atoms with Gasteiger partial charge in [-0.05, 0) is 29.5 Å². The SMILES string of the molecule is CC(C)C(NC(=O)c1cccs1)C(=O)Nc1ccc(Cl)cn1. The molecule has 1 atom stereocenters. The molecular weight excluding hydrogens is 322 g/mol. The fourth-order valence-electron chi connectivity index (χ4n) is 1.81. The number of hydrogen-bond donors (Lipinski definition) is 2. The van der Waals surface area contributed by atoms with Crippen molar-refractivity contribution in [3.63, 3.8) is 0 Å². The molecule has 0 bridgehead atoms. The molecule has 0 aliphatic heterocycles. The number of carbonyl (C=O) groups is 2. The number of thiophene rings is 1. The monoisotopic (exact) mass is 337 g/mol. The van der Waals surface area contributed by atoms with Crippen LogP contribution in [0, 0.1) is 5.92 Å². The number of aromatic nitrogens is 1. The van der Waals surface area contributed by atoms with Crippen LogP contribution in [0.15, 0.2) is 35.8 Å². The van der Waals surface area contributed by atoms with Crippen LogP contribution in [-0.4, -0.2) is 22.8 Å². The van der Waals surface area contributed by atoms with E-state index in [1.165, 1.54) is 17.5 Å². The van der Waals surface area contributed by atoms with E-state index in [2.05, 4.69) is 15.6 Å². The topological polar surface area (TPSA) is 71.1 Å². The van der Waals surface area contributed by atoms with Gasteiger partial charge in [0.05, 0.1) is 9.90 Å². The maximum absolute atomic E-state index is 12.3. The van der Waals surface area contributed by atoms with Gasteiger partial charge in [-0.1, -0.05) is 31.5 Å². The number of nitrogens with one attached hydrogen (secondary N) is 2. The first-order valence-corrected chi connectivity index (χ1v) is 8.00. The van der Waals surface area contributed by atoms with Gasteiger partial charge in [-0.2, -0.15) is 0 Å². The van der Waals surface area contributed by atoms with Crippen molar-refractivity contribution in [2.24, 2.45) is 5.92 Å². The molecule has 2 aromatic heterocycles. The summed E-state index contributed by atoms with van der Waals surface area (Å²) in [6.45, 7) is 3.74. The third-order valence-electron chi connectivity index (χ3n) is 2.96. The number of amides is 2. The number of rotatable bonds is 5. The molecule has 0 spiro atoms. The van der Waals surface area contributed by atoms with Crippen LogP contribution in [0.25, 0.3) is 0 Å². The second-order valence-corrected chi connectivity index (χ2v) is 6.41. The molecule has 116 valence electrons. The van der Waals surface area contributed by atoms with E-state index in [-0.39, 0.29) is 17.7 Å². The second-order valence-electron chi connectivity index (χ2n) is 5.02. The van der Waals surface area contributed by atoms with Gasteiger partial charge in [-0.25, -0.2) is 4.98 Å². The van der Waals surface area contributed by atoms with Crippen LogP contribution < -0.4 is 10.6 Å². The van der Waals surface area contributed by atoms with E-state index >= 15 is 0 Å². The molecule has 2 rings (SSSR count). The number of halogens is 1. The molecule has 0 saturated carbocycles. The zero-order chi connectivity index (χ0) is 16.1. The Morgan fingerprint density at radius 1 is 1.27 bits per heavy atom. The minimum atomic E-state index is -0.646. The van der Waals surface area contributed by atoms with E-state index in [0.717, 1.165) is 0 Å². The van der Waals surface area contributed by atoms with Crippen molar-refractivity contribution in [2.45, 2.75) is 19.9 Å². The highest BCUT2D eigenvalue weighted by Crippen LogP contribution is 2.13. The van der Waals surface area contributed by atoms with Crippen molar-refractivity contribution in [2.75, 3.05) is 5.32 Å². The van der Waals surface area contributed by atoms with Crippen molar-refractivity contribution in [1.29, 1.82) is 0 Å². The predicted octanol–water partition coefficient (Wildman–Crippen LogP) is 3.19. The minimum Gasteiger partial charge on any atom is -0.339 e. The summed E-state index contributed by atoms with van der Waals surface area (Å²) >= 11 is 7.09. The zero-order valence-corrected chi connectivity index (χ0v) is 13.7. The Morgan fingerprint density at radius 2 is 2.05 bits per heavy atom. The first-order valence-electron chi connectivity index (χ1n) is 6.74. The Kier molecular flexibility index (Phi) is 5.51. The molecule has 7 heteroatoms. The van der Waals surface area contributed by atoms with Gasteiger partial charge in [-0.3, -0.25) is 9.59 Å². The average molecular weight is 338 g/mol. The Labute approximate surface area is 137 Å². The summed E-state index contributed by atoms with van der Waals surface area (Å²) in [7, 11) is 0. The van der Waals surface area contributed by atoms with E-state index in [4.69, 9.17) is 11.6 Å². The van der Waals surface area contributed by atoms with Crippen LogP contribution in [0.5, 0.6) is 0 Å². The number of pyridine rings is 1. The summed E-state index contributed by atoms with van der Waals surface area (Å²) < 4.78 is 0. The lowest BCUT2D eigenvalue weighted by Gasteiger charge is -2.21. The molecule has 0 aromatic carbocycles. The normalized spacial score (nSPS) is 12.0. The highest BCUT2D eigenvalue weighted by atomic mass is 35.5. The van der Waals surface area contributed by atoms with Gasteiger partial charge >= 0.3 is 0 Å². The summed E-state index contributed by atoms with van der Waals surface area (Å²) in [6.07, 6.45) is 1.45. The molecule has 2 amide bonds. The number of nitrogens with zero attached hydrogens (tertiary/aromatic N) is 1. The van der Waals surface area contributed by atoms with E-state index < -0.39 is 6.04 Å². The summed E-state index contributed by atoms with van der Waals surface area (Å²) in [5.41, 5.74) is 0. The maximum atomic E-state index is 12.3. The Morgan fingerprint density at radius 3 is 2.59 bits per heavy atom. The Hall–Kier alpha value is -1.92. The lowest BCUT2D eigenvalue weighted by atomic mass is 10.0. The van der Waals surface area contributed by atoms with Crippen molar-refractivity contribution in [3.8, 4) is 0 Å². The van der Waals surface area contributed by atoms with Gasteiger partial charge in [0.15, 0.2) is 0 Å². The lowest BCUT2D eigenvalue weighted by molar-refractivity contribution is -0.118. The number of carbonyl (C=O) groups excluding carboxylic acids is 2. The van der Waals surface area contributed by atoms with E-state index in [0.29, 0.717) is 15.7 Å². The van der Waals surface area contributed by atoms with Gasteiger partial charge in [-0.15, -0.1) is 11.3 Å². The average Bonchev–Trinajstić information content (AvgIpc) is 3.00. The molecule has 5 nitrogen and oxygen atoms in total. The van der Waals surface area contributed by atoms with Gasteiger partial charge < -0.3 is 10.6 Å². The van der Waals surface area contributed by atoms with Crippen LogP contribution in [0.3, 0.4) is 0 Å². The molecule has 0 fully saturated rings. The molecule has 2 N–H and O–H groups in total. The quantitative estimate of drug-likeness (QED) is 0.880. The van der Waals surface area contributed by atoms with Crippen molar-refractivity contribution < 1.29 is 9.59 Å². The third kappa shape index (κ3) is 4.29. The summed E-state index contributed by atoms with van der Waals surface area (Å²) in [6, 6.07) is 6.11. The van der Waals surface area contributed by atoms with Crippen LogP contribution >= 0.6 is 22.9 Å². The van der Waals surface area contributed by atoms with E-state index in [1.807, 2.05) is 19.2 Å². The fourth-order valence-corrected chi connectivity index (χ4v) is 2.55. The van der Waals surface area contributed by atoms with Crippen molar-refractivity contribution >= 4 is 40.6 Å². The first kappa shape index (κ1) is 16.5. The minimum absolute atomic E-state index is 0.0591. The molecule has 0 aliphatic carbocycles. The zero-order valence-electron chi connectivity index (χ0n) is 12.2. The lowest BCUT2D eigenvalue weighted by Crippen LogP contribution is -2.47. The van der Waals surface area contributed by atoms with Gasteiger partial charge in [0.2, 0.25) is 5.91 Å². The number of hydrogen-bond acceptors (Lipinski definition) is 4. The van der Waals surface area contributed by atoms with Crippen molar-refractivity contribution in [1.82, 2.24) is 10.3 Å². The number of anilines is 1. The molecule has 0 saturated heterocycles. The van der Waals surface area contributed by atoms with Crippen LogP contribution in [0.2, 0.25) is 5.02 Å². The molecular formula is C15H16ClN3O2S. The van der Waals surface area contributed by atoms with Crippen molar-refractivity contribution in [3.05, 3.63) is 45.7 Å². The molecule has 2 heterocycles. The summed E-state index contributed by atoms with van der Waals surface area (Å²) in [5.74, 6) is -0.232. The van der Waals surface area contributed by atoms with E-state index in [1.54, 1.807) is 24.3 Å². The summed E-state index contributed by atoms with van der Waals surface area (Å²) in [4.78, 5) is 29.0. The summed E-state index contributed by atoms with van der Waals surface area (Å²) in [5, 5.41) is 7.74. The molecule has 0 aliphatic rings. The smallest absolute Gasteiger partial charge is 0.262 e. The molecule has 0 radical (unpaired) electrons. The van der Waals surface area contributed by atoms with Gasteiger partial charge in [0.25, 0.3) is 5.91 Å².